The van der Waals surface area contributed by atoms with Gasteiger partial charge in [-0.3, -0.25) is 4.79 Å². The average Bonchev–Trinajstić information content (AvgIpc) is 3.30. The van der Waals surface area contributed by atoms with E-state index in [1.807, 2.05) is 71.8 Å². The van der Waals surface area contributed by atoms with Crippen molar-refractivity contribution in [1.82, 2.24) is 14.7 Å². The van der Waals surface area contributed by atoms with Gasteiger partial charge in [-0.25, -0.2) is 4.68 Å². The van der Waals surface area contributed by atoms with Gasteiger partial charge in [-0.2, -0.15) is 5.10 Å². The SMILES string of the molecule is CCCN(C)C(=O)/C=C/c1cn(-c2ccccc2)nc1-c1cccs1. The highest BCUT2D eigenvalue weighted by Crippen LogP contribution is 2.28. The van der Waals surface area contributed by atoms with Crippen LogP contribution in [0.1, 0.15) is 18.9 Å². The van der Waals surface area contributed by atoms with E-state index in [1.54, 1.807) is 22.3 Å². The van der Waals surface area contributed by atoms with Gasteiger partial charge in [0, 0.05) is 31.4 Å². The van der Waals surface area contributed by atoms with Crippen LogP contribution < -0.4 is 0 Å². The quantitative estimate of drug-likeness (QED) is 0.614. The summed E-state index contributed by atoms with van der Waals surface area (Å²) in [4.78, 5) is 15.0. The summed E-state index contributed by atoms with van der Waals surface area (Å²) in [5.74, 6) is 0.00596. The number of rotatable bonds is 6. The first-order valence-electron chi connectivity index (χ1n) is 8.31. The normalized spacial score (nSPS) is 11.1. The number of carbonyl (C=O) groups excluding carboxylic acids is 1. The smallest absolute Gasteiger partial charge is 0.246 e. The fourth-order valence-electron chi connectivity index (χ4n) is 2.56. The van der Waals surface area contributed by atoms with Crippen molar-refractivity contribution in [3.05, 3.63) is 65.7 Å². The van der Waals surface area contributed by atoms with Crippen LogP contribution in [0, 0.1) is 0 Å². The summed E-state index contributed by atoms with van der Waals surface area (Å²) in [6.45, 7) is 2.82. The van der Waals surface area contributed by atoms with Crippen LogP contribution >= 0.6 is 11.3 Å². The molecule has 0 saturated heterocycles. The van der Waals surface area contributed by atoms with Crippen LogP contribution in [0.2, 0.25) is 0 Å². The molecule has 0 radical (unpaired) electrons. The molecule has 0 aliphatic rings. The number of aromatic nitrogens is 2. The number of benzene rings is 1. The molecule has 5 heteroatoms. The fourth-order valence-corrected chi connectivity index (χ4v) is 3.29. The van der Waals surface area contributed by atoms with Crippen LogP contribution in [-0.4, -0.2) is 34.2 Å². The monoisotopic (exact) mass is 351 g/mol. The predicted molar refractivity (Wildman–Crippen MR) is 104 cm³/mol. The van der Waals surface area contributed by atoms with Gasteiger partial charge >= 0.3 is 0 Å². The minimum atomic E-state index is 0.00596. The second kappa shape index (κ2) is 7.94. The van der Waals surface area contributed by atoms with Crippen LogP contribution in [-0.2, 0) is 4.79 Å². The van der Waals surface area contributed by atoms with Gasteiger partial charge in [-0.05, 0) is 36.1 Å². The molecule has 4 nitrogen and oxygen atoms in total. The van der Waals surface area contributed by atoms with E-state index in [4.69, 9.17) is 5.10 Å². The van der Waals surface area contributed by atoms with Crippen LogP contribution in [0.3, 0.4) is 0 Å². The van der Waals surface area contributed by atoms with Crippen LogP contribution in [0.15, 0.2) is 60.1 Å². The topological polar surface area (TPSA) is 38.1 Å². The van der Waals surface area contributed by atoms with Crippen molar-refractivity contribution in [3.8, 4) is 16.3 Å². The number of amides is 1. The lowest BCUT2D eigenvalue weighted by Gasteiger charge is -2.12. The van der Waals surface area contributed by atoms with Gasteiger partial charge in [0.15, 0.2) is 0 Å². The zero-order chi connectivity index (χ0) is 17.6. The van der Waals surface area contributed by atoms with Gasteiger partial charge < -0.3 is 4.90 Å². The van der Waals surface area contributed by atoms with Gasteiger partial charge in [0.1, 0.15) is 5.69 Å². The van der Waals surface area contributed by atoms with Crippen molar-refractivity contribution in [2.75, 3.05) is 13.6 Å². The largest absolute Gasteiger partial charge is 0.342 e. The molecule has 0 atom stereocenters. The second-order valence-corrected chi connectivity index (χ2v) is 6.73. The maximum Gasteiger partial charge on any atom is 0.246 e. The third kappa shape index (κ3) is 4.06. The Morgan fingerprint density at radius 2 is 2.04 bits per heavy atom. The number of carbonyl (C=O) groups is 1. The Hall–Kier alpha value is -2.66. The summed E-state index contributed by atoms with van der Waals surface area (Å²) in [7, 11) is 1.82. The Labute approximate surface area is 152 Å². The molecular formula is C20H21N3OS. The third-order valence-electron chi connectivity index (χ3n) is 3.86. The summed E-state index contributed by atoms with van der Waals surface area (Å²) < 4.78 is 1.86. The first-order valence-corrected chi connectivity index (χ1v) is 9.19. The van der Waals surface area contributed by atoms with Gasteiger partial charge in [0.2, 0.25) is 5.91 Å². The summed E-state index contributed by atoms with van der Waals surface area (Å²) in [5, 5.41) is 6.77. The second-order valence-electron chi connectivity index (χ2n) is 5.78. The van der Waals surface area contributed by atoms with Crippen molar-refractivity contribution in [1.29, 1.82) is 0 Å². The molecule has 3 aromatic rings. The fraction of sp³-hybridized carbons (Fsp3) is 0.200. The van der Waals surface area contributed by atoms with Crippen LogP contribution in [0.4, 0.5) is 0 Å². The number of hydrogen-bond acceptors (Lipinski definition) is 3. The van der Waals surface area contributed by atoms with E-state index in [0.717, 1.165) is 34.8 Å². The number of para-hydroxylation sites is 1. The van der Waals surface area contributed by atoms with Gasteiger partial charge in [0.05, 0.1) is 10.6 Å². The molecule has 0 spiro atoms. The Balaban J connectivity index is 1.94. The van der Waals surface area contributed by atoms with E-state index < -0.39 is 0 Å². The molecular weight excluding hydrogens is 330 g/mol. The molecule has 0 saturated carbocycles. The molecule has 0 fully saturated rings. The molecule has 2 aromatic heterocycles. The third-order valence-corrected chi connectivity index (χ3v) is 4.74. The highest BCUT2D eigenvalue weighted by Gasteiger charge is 2.12. The van der Waals surface area contributed by atoms with Crippen molar-refractivity contribution in [3.63, 3.8) is 0 Å². The van der Waals surface area contributed by atoms with Crippen molar-refractivity contribution in [2.45, 2.75) is 13.3 Å². The zero-order valence-electron chi connectivity index (χ0n) is 14.4. The summed E-state index contributed by atoms with van der Waals surface area (Å²) in [6.07, 6.45) is 6.39. The molecule has 0 aliphatic carbocycles. The molecule has 3 rings (SSSR count). The van der Waals surface area contributed by atoms with Crippen LogP contribution in [0.5, 0.6) is 0 Å². The molecule has 0 N–H and O–H groups in total. The van der Waals surface area contributed by atoms with Crippen molar-refractivity contribution < 1.29 is 4.79 Å². The molecule has 25 heavy (non-hydrogen) atoms. The van der Waals surface area contributed by atoms with E-state index in [-0.39, 0.29) is 5.91 Å². The van der Waals surface area contributed by atoms with E-state index >= 15 is 0 Å². The number of nitrogens with zero attached hydrogens (tertiary/aromatic N) is 3. The first kappa shape index (κ1) is 17.2. The summed E-state index contributed by atoms with van der Waals surface area (Å²) in [6, 6.07) is 14.0. The molecule has 1 aromatic carbocycles. The Bertz CT molecular complexity index is 850. The Kier molecular flexibility index (Phi) is 5.46. The molecule has 128 valence electrons. The summed E-state index contributed by atoms with van der Waals surface area (Å²) in [5.41, 5.74) is 2.82. The maximum absolute atomic E-state index is 12.2. The molecule has 0 unspecified atom stereocenters. The number of thiophene rings is 1. The summed E-state index contributed by atoms with van der Waals surface area (Å²) >= 11 is 1.64. The highest BCUT2D eigenvalue weighted by molar-refractivity contribution is 7.13. The van der Waals surface area contributed by atoms with E-state index in [9.17, 15) is 4.79 Å². The minimum Gasteiger partial charge on any atom is -0.342 e. The first-order chi connectivity index (χ1) is 12.2. The zero-order valence-corrected chi connectivity index (χ0v) is 15.2. The minimum absolute atomic E-state index is 0.00596. The van der Waals surface area contributed by atoms with Crippen molar-refractivity contribution >= 4 is 23.3 Å². The van der Waals surface area contributed by atoms with Gasteiger partial charge in [-0.1, -0.05) is 31.2 Å². The maximum atomic E-state index is 12.2. The average molecular weight is 351 g/mol. The number of likely N-dealkylation sites (N-methyl/N-ethyl adjacent to an activating group) is 1. The Morgan fingerprint density at radius 1 is 1.24 bits per heavy atom. The molecule has 0 bridgehead atoms. The molecule has 0 aliphatic heterocycles. The van der Waals surface area contributed by atoms with E-state index in [1.165, 1.54) is 0 Å². The molecule has 1 amide bonds. The van der Waals surface area contributed by atoms with Gasteiger partial charge in [-0.15, -0.1) is 11.3 Å². The Morgan fingerprint density at radius 3 is 2.72 bits per heavy atom. The van der Waals surface area contributed by atoms with Gasteiger partial charge in [0.25, 0.3) is 0 Å². The lowest BCUT2D eigenvalue weighted by atomic mass is 10.2. The molecule has 2 heterocycles. The lowest BCUT2D eigenvalue weighted by Crippen LogP contribution is -2.25. The van der Waals surface area contributed by atoms with E-state index in [0.29, 0.717) is 0 Å². The van der Waals surface area contributed by atoms with E-state index in [2.05, 4.69) is 6.92 Å². The lowest BCUT2D eigenvalue weighted by molar-refractivity contribution is -0.124. The number of hydrogen-bond donors (Lipinski definition) is 0. The highest BCUT2D eigenvalue weighted by atomic mass is 32.1. The van der Waals surface area contributed by atoms with Crippen molar-refractivity contribution in [2.24, 2.45) is 0 Å². The predicted octanol–water partition coefficient (Wildman–Crippen LogP) is 4.48. The van der Waals surface area contributed by atoms with Crippen LogP contribution in [0.25, 0.3) is 22.3 Å². The standard InChI is InChI=1S/C20H21N3OS/c1-3-13-22(2)19(24)12-11-16-15-23(17-8-5-4-6-9-17)21-20(16)18-10-7-14-25-18/h4-12,14-15H,3,13H2,1-2H3/b12-11+.